The van der Waals surface area contributed by atoms with Crippen LogP contribution in [-0.4, -0.2) is 32.4 Å². The second-order valence-electron chi connectivity index (χ2n) is 4.88. The van der Waals surface area contributed by atoms with Crippen LogP contribution in [0.2, 0.25) is 0 Å². The van der Waals surface area contributed by atoms with E-state index in [0.29, 0.717) is 30.4 Å². The molecule has 0 saturated carbocycles. The molecule has 1 aliphatic rings. The van der Waals surface area contributed by atoms with E-state index in [0.717, 1.165) is 22.8 Å². The molecule has 2 N–H and O–H groups in total. The van der Waals surface area contributed by atoms with Crippen molar-refractivity contribution in [2.24, 2.45) is 11.7 Å². The van der Waals surface area contributed by atoms with Crippen molar-refractivity contribution in [3.63, 3.8) is 0 Å². The number of rotatable bonds is 4. The number of hydrogen-bond acceptors (Lipinski definition) is 3. The first kappa shape index (κ1) is 15.2. The molecule has 1 aromatic rings. The largest absolute Gasteiger partial charge is 0.330 e. The van der Waals surface area contributed by atoms with Gasteiger partial charge in [-0.05, 0) is 78.6 Å². The minimum atomic E-state index is -3.32. The van der Waals surface area contributed by atoms with Gasteiger partial charge in [-0.25, -0.2) is 8.42 Å². The molecule has 0 aliphatic carbocycles. The molecule has 1 heterocycles. The number of piperidine rings is 1. The lowest BCUT2D eigenvalue weighted by molar-refractivity contribution is 0.266. The first-order valence-electron chi connectivity index (χ1n) is 6.50. The number of halogens is 1. The van der Waals surface area contributed by atoms with Crippen LogP contribution >= 0.6 is 22.6 Å². The van der Waals surface area contributed by atoms with Gasteiger partial charge in [-0.2, -0.15) is 4.31 Å². The van der Waals surface area contributed by atoms with Crippen molar-refractivity contribution in [2.75, 3.05) is 19.6 Å². The molecule has 0 aromatic heterocycles. The SMILES string of the molecule is NCCC1CCN(S(=O)(=O)c2ccc(I)cc2)CC1. The summed E-state index contributed by atoms with van der Waals surface area (Å²) in [7, 11) is -3.32. The Morgan fingerprint density at radius 1 is 1.21 bits per heavy atom. The summed E-state index contributed by atoms with van der Waals surface area (Å²) in [4.78, 5) is 0.394. The molecule has 0 atom stereocenters. The van der Waals surface area contributed by atoms with E-state index in [1.165, 1.54) is 0 Å². The zero-order chi connectivity index (χ0) is 13.9. The van der Waals surface area contributed by atoms with Crippen LogP contribution < -0.4 is 5.73 Å². The second-order valence-corrected chi connectivity index (χ2v) is 8.06. The van der Waals surface area contributed by atoms with Crippen LogP contribution in [0.25, 0.3) is 0 Å². The average Bonchev–Trinajstić information content (AvgIpc) is 2.40. The minimum Gasteiger partial charge on any atom is -0.330 e. The Balaban J connectivity index is 2.07. The molecular weight excluding hydrogens is 375 g/mol. The predicted molar refractivity (Wildman–Crippen MR) is 84.3 cm³/mol. The van der Waals surface area contributed by atoms with Gasteiger partial charge in [0.05, 0.1) is 4.90 Å². The van der Waals surface area contributed by atoms with Crippen LogP contribution in [0.15, 0.2) is 29.2 Å². The Labute approximate surface area is 128 Å². The third-order valence-corrected chi connectivity index (χ3v) is 6.23. The normalized spacial score (nSPS) is 18.6. The van der Waals surface area contributed by atoms with Crippen LogP contribution in [0.5, 0.6) is 0 Å². The fraction of sp³-hybridized carbons (Fsp3) is 0.538. The van der Waals surface area contributed by atoms with Gasteiger partial charge in [-0.3, -0.25) is 0 Å². The van der Waals surface area contributed by atoms with Crippen LogP contribution in [0.3, 0.4) is 0 Å². The highest BCUT2D eigenvalue weighted by Gasteiger charge is 2.28. The van der Waals surface area contributed by atoms with Crippen molar-refractivity contribution in [1.82, 2.24) is 4.31 Å². The summed E-state index contributed by atoms with van der Waals surface area (Å²) < 4.78 is 27.6. The summed E-state index contributed by atoms with van der Waals surface area (Å²) in [6.45, 7) is 1.91. The molecule has 19 heavy (non-hydrogen) atoms. The Kier molecular flexibility index (Phi) is 5.22. The van der Waals surface area contributed by atoms with Crippen LogP contribution in [0, 0.1) is 9.49 Å². The summed E-state index contributed by atoms with van der Waals surface area (Å²) >= 11 is 2.17. The van der Waals surface area contributed by atoms with Crippen molar-refractivity contribution in [2.45, 2.75) is 24.2 Å². The highest BCUT2D eigenvalue weighted by molar-refractivity contribution is 14.1. The maximum absolute atomic E-state index is 12.5. The van der Waals surface area contributed by atoms with Crippen molar-refractivity contribution >= 4 is 32.6 Å². The summed E-state index contributed by atoms with van der Waals surface area (Å²) in [5.41, 5.74) is 5.55. The minimum absolute atomic E-state index is 0.394. The van der Waals surface area contributed by atoms with Gasteiger partial charge >= 0.3 is 0 Å². The molecule has 0 radical (unpaired) electrons. The van der Waals surface area contributed by atoms with Gasteiger partial charge in [0.2, 0.25) is 10.0 Å². The van der Waals surface area contributed by atoms with Crippen molar-refractivity contribution in [3.8, 4) is 0 Å². The molecule has 4 nitrogen and oxygen atoms in total. The van der Waals surface area contributed by atoms with E-state index in [-0.39, 0.29) is 0 Å². The molecule has 1 fully saturated rings. The van der Waals surface area contributed by atoms with Gasteiger partial charge < -0.3 is 5.73 Å². The molecule has 0 spiro atoms. The quantitative estimate of drug-likeness (QED) is 0.796. The Hall–Kier alpha value is -0.180. The maximum atomic E-state index is 12.5. The maximum Gasteiger partial charge on any atom is 0.243 e. The Morgan fingerprint density at radius 3 is 2.32 bits per heavy atom. The van der Waals surface area contributed by atoms with Crippen molar-refractivity contribution in [1.29, 1.82) is 0 Å². The van der Waals surface area contributed by atoms with Crippen LogP contribution in [0.4, 0.5) is 0 Å². The molecular formula is C13H19IN2O2S. The lowest BCUT2D eigenvalue weighted by Crippen LogP contribution is -2.38. The fourth-order valence-corrected chi connectivity index (χ4v) is 4.26. The highest BCUT2D eigenvalue weighted by Crippen LogP contribution is 2.25. The first-order chi connectivity index (χ1) is 9.04. The van der Waals surface area contributed by atoms with E-state index in [4.69, 9.17) is 5.73 Å². The van der Waals surface area contributed by atoms with Gasteiger partial charge in [0.15, 0.2) is 0 Å². The molecule has 0 bridgehead atoms. The highest BCUT2D eigenvalue weighted by atomic mass is 127. The standard InChI is InChI=1S/C13H19IN2O2S/c14-12-1-3-13(4-2-12)19(17,18)16-9-6-11(5-8-15)7-10-16/h1-4,11H,5-10,15H2. The van der Waals surface area contributed by atoms with Gasteiger partial charge in [-0.1, -0.05) is 0 Å². The second kappa shape index (κ2) is 6.51. The molecule has 1 saturated heterocycles. The number of hydrogen-bond donors (Lipinski definition) is 1. The summed E-state index contributed by atoms with van der Waals surface area (Å²) in [5.74, 6) is 0.577. The number of benzene rings is 1. The van der Waals surface area contributed by atoms with Crippen LogP contribution in [-0.2, 0) is 10.0 Å². The van der Waals surface area contributed by atoms with Crippen molar-refractivity contribution in [3.05, 3.63) is 27.8 Å². The third-order valence-electron chi connectivity index (χ3n) is 3.60. The number of nitrogens with zero attached hydrogens (tertiary/aromatic N) is 1. The van der Waals surface area contributed by atoms with E-state index in [1.54, 1.807) is 16.4 Å². The van der Waals surface area contributed by atoms with Gasteiger partial charge in [-0.15, -0.1) is 0 Å². The molecule has 106 valence electrons. The smallest absolute Gasteiger partial charge is 0.243 e. The van der Waals surface area contributed by atoms with E-state index < -0.39 is 10.0 Å². The topological polar surface area (TPSA) is 63.4 Å². The molecule has 0 unspecified atom stereocenters. The van der Waals surface area contributed by atoms with E-state index in [9.17, 15) is 8.42 Å². The summed E-state index contributed by atoms with van der Waals surface area (Å²) in [6.07, 6.45) is 2.83. The summed E-state index contributed by atoms with van der Waals surface area (Å²) in [5, 5.41) is 0. The third kappa shape index (κ3) is 3.68. The Bertz CT molecular complexity index is 508. The van der Waals surface area contributed by atoms with Crippen molar-refractivity contribution < 1.29 is 8.42 Å². The summed E-state index contributed by atoms with van der Waals surface area (Å²) in [6, 6.07) is 7.02. The average molecular weight is 394 g/mol. The molecule has 6 heteroatoms. The monoisotopic (exact) mass is 394 g/mol. The molecule has 2 rings (SSSR count). The zero-order valence-corrected chi connectivity index (χ0v) is 13.7. The lowest BCUT2D eigenvalue weighted by atomic mass is 9.95. The van der Waals surface area contributed by atoms with Gasteiger partial charge in [0.1, 0.15) is 0 Å². The molecule has 1 aliphatic heterocycles. The van der Waals surface area contributed by atoms with Gasteiger partial charge in [0.25, 0.3) is 0 Å². The molecule has 1 aromatic carbocycles. The number of nitrogens with two attached hydrogens (primary N) is 1. The number of sulfonamides is 1. The zero-order valence-electron chi connectivity index (χ0n) is 10.8. The van der Waals surface area contributed by atoms with E-state index in [2.05, 4.69) is 22.6 Å². The lowest BCUT2D eigenvalue weighted by Gasteiger charge is -2.31. The molecule has 0 amide bonds. The predicted octanol–water partition coefficient (Wildman–Crippen LogP) is 2.04. The van der Waals surface area contributed by atoms with Crippen LogP contribution in [0.1, 0.15) is 19.3 Å². The van der Waals surface area contributed by atoms with E-state index in [1.807, 2.05) is 12.1 Å². The Morgan fingerprint density at radius 2 is 1.79 bits per heavy atom. The first-order valence-corrected chi connectivity index (χ1v) is 9.01. The van der Waals surface area contributed by atoms with E-state index >= 15 is 0 Å². The van der Waals surface area contributed by atoms with Gasteiger partial charge in [0, 0.05) is 16.7 Å². The fourth-order valence-electron chi connectivity index (χ4n) is 2.43.